The zero-order valence-corrected chi connectivity index (χ0v) is 9.94. The molecule has 0 bridgehead atoms. The molecule has 1 aliphatic rings. The van der Waals surface area contributed by atoms with Gasteiger partial charge in [-0.1, -0.05) is 19.8 Å². The number of ether oxygens (including phenoxy) is 1. The lowest BCUT2D eigenvalue weighted by Crippen LogP contribution is -2.15. The molecule has 14 heavy (non-hydrogen) atoms. The molecule has 0 aromatic heterocycles. The first-order chi connectivity index (χ1) is 6.74. The summed E-state index contributed by atoms with van der Waals surface area (Å²) in [6.07, 6.45) is 5.58. The number of methoxy groups -OCH3 is 1. The van der Waals surface area contributed by atoms with Gasteiger partial charge in [0.2, 0.25) is 0 Å². The van der Waals surface area contributed by atoms with Crippen molar-refractivity contribution in [2.75, 3.05) is 18.6 Å². The van der Waals surface area contributed by atoms with Crippen LogP contribution in [0.25, 0.3) is 0 Å². The van der Waals surface area contributed by atoms with E-state index in [0.717, 1.165) is 11.7 Å². The van der Waals surface area contributed by atoms with Gasteiger partial charge in [-0.15, -0.1) is 0 Å². The summed E-state index contributed by atoms with van der Waals surface area (Å²) in [6, 6.07) is 0. The van der Waals surface area contributed by atoms with Crippen LogP contribution in [0.4, 0.5) is 0 Å². The summed E-state index contributed by atoms with van der Waals surface area (Å²) in [5, 5.41) is 0. The fourth-order valence-corrected chi connectivity index (χ4v) is 3.15. The van der Waals surface area contributed by atoms with E-state index in [1.807, 2.05) is 18.7 Å². The molecule has 0 saturated heterocycles. The van der Waals surface area contributed by atoms with Crippen molar-refractivity contribution in [2.24, 2.45) is 11.8 Å². The summed E-state index contributed by atoms with van der Waals surface area (Å²) < 4.78 is 4.68. The summed E-state index contributed by atoms with van der Waals surface area (Å²) in [5.41, 5.74) is 0. The fraction of sp³-hybridized carbons (Fsp3) is 0.909. The van der Waals surface area contributed by atoms with Crippen LogP contribution in [0.2, 0.25) is 0 Å². The lowest BCUT2D eigenvalue weighted by molar-refractivity contribution is -0.143. The van der Waals surface area contributed by atoms with Gasteiger partial charge in [-0.2, -0.15) is 11.8 Å². The van der Waals surface area contributed by atoms with E-state index in [2.05, 4.69) is 4.74 Å². The van der Waals surface area contributed by atoms with Crippen LogP contribution in [0, 0.1) is 11.8 Å². The van der Waals surface area contributed by atoms with Crippen molar-refractivity contribution in [3.63, 3.8) is 0 Å². The number of carbonyl (C=O) groups is 1. The van der Waals surface area contributed by atoms with Crippen molar-refractivity contribution in [2.45, 2.75) is 32.6 Å². The van der Waals surface area contributed by atoms with Gasteiger partial charge in [0.25, 0.3) is 0 Å². The van der Waals surface area contributed by atoms with E-state index >= 15 is 0 Å². The number of hydrogen-bond acceptors (Lipinski definition) is 3. The van der Waals surface area contributed by atoms with Crippen LogP contribution in [0.1, 0.15) is 32.6 Å². The molecule has 1 unspecified atom stereocenters. The maximum absolute atomic E-state index is 11.1. The Morgan fingerprint density at radius 1 is 1.50 bits per heavy atom. The fourth-order valence-electron chi connectivity index (χ4n) is 1.86. The van der Waals surface area contributed by atoms with Crippen LogP contribution < -0.4 is 0 Å². The van der Waals surface area contributed by atoms with Crippen LogP contribution in [0.3, 0.4) is 0 Å². The standard InChI is InChI=1S/C11H20O2S/c1-9(11(12)13-2)7-14-8-10-5-3-4-6-10/h9-10H,3-8H2,1-2H3. The molecule has 1 atom stereocenters. The zero-order chi connectivity index (χ0) is 10.4. The molecule has 1 fully saturated rings. The lowest BCUT2D eigenvalue weighted by atomic mass is 10.1. The molecule has 0 aromatic carbocycles. The van der Waals surface area contributed by atoms with E-state index < -0.39 is 0 Å². The topological polar surface area (TPSA) is 26.3 Å². The highest BCUT2D eigenvalue weighted by Crippen LogP contribution is 2.28. The maximum Gasteiger partial charge on any atom is 0.309 e. The summed E-state index contributed by atoms with van der Waals surface area (Å²) in [6.45, 7) is 1.94. The SMILES string of the molecule is COC(=O)C(C)CSCC1CCCC1. The monoisotopic (exact) mass is 216 g/mol. The van der Waals surface area contributed by atoms with E-state index in [1.165, 1.54) is 38.5 Å². The molecule has 0 aromatic rings. The zero-order valence-electron chi connectivity index (χ0n) is 9.12. The third-order valence-corrected chi connectivity index (χ3v) is 4.24. The smallest absolute Gasteiger partial charge is 0.309 e. The third-order valence-electron chi connectivity index (χ3n) is 2.80. The van der Waals surface area contributed by atoms with Crippen molar-refractivity contribution in [1.29, 1.82) is 0 Å². The van der Waals surface area contributed by atoms with E-state index in [9.17, 15) is 4.79 Å². The van der Waals surface area contributed by atoms with Gasteiger partial charge in [0.15, 0.2) is 0 Å². The lowest BCUT2D eigenvalue weighted by Gasteiger charge is -2.11. The minimum Gasteiger partial charge on any atom is -0.469 e. The first kappa shape index (κ1) is 11.9. The molecule has 0 amide bonds. The molecule has 0 radical (unpaired) electrons. The Balaban J connectivity index is 2.05. The van der Waals surface area contributed by atoms with Crippen molar-refractivity contribution in [3.8, 4) is 0 Å². The van der Waals surface area contributed by atoms with E-state index in [4.69, 9.17) is 0 Å². The minimum atomic E-state index is -0.0797. The number of rotatable bonds is 5. The Kier molecular flexibility index (Phi) is 5.38. The van der Waals surface area contributed by atoms with Crippen LogP contribution in [0.5, 0.6) is 0 Å². The highest BCUT2D eigenvalue weighted by molar-refractivity contribution is 7.99. The highest BCUT2D eigenvalue weighted by Gasteiger charge is 2.17. The second-order valence-electron chi connectivity index (χ2n) is 4.11. The second kappa shape index (κ2) is 6.33. The summed E-state index contributed by atoms with van der Waals surface area (Å²) in [5.74, 6) is 3.00. The molecule has 1 rings (SSSR count). The Morgan fingerprint density at radius 2 is 2.14 bits per heavy atom. The molecular weight excluding hydrogens is 196 g/mol. The van der Waals surface area contributed by atoms with Gasteiger partial charge in [0.1, 0.15) is 0 Å². The van der Waals surface area contributed by atoms with Gasteiger partial charge in [-0.05, 0) is 24.5 Å². The number of esters is 1. The van der Waals surface area contributed by atoms with Gasteiger partial charge in [-0.3, -0.25) is 4.79 Å². The van der Waals surface area contributed by atoms with Gasteiger partial charge in [0.05, 0.1) is 13.0 Å². The number of hydrogen-bond donors (Lipinski definition) is 0. The van der Waals surface area contributed by atoms with E-state index in [0.29, 0.717) is 0 Å². The average molecular weight is 216 g/mol. The van der Waals surface area contributed by atoms with Crippen molar-refractivity contribution >= 4 is 17.7 Å². The van der Waals surface area contributed by atoms with E-state index in [-0.39, 0.29) is 11.9 Å². The largest absolute Gasteiger partial charge is 0.469 e. The Hall–Kier alpha value is -0.180. The van der Waals surface area contributed by atoms with Crippen LogP contribution in [-0.4, -0.2) is 24.6 Å². The number of carbonyl (C=O) groups excluding carboxylic acids is 1. The molecule has 0 spiro atoms. The van der Waals surface area contributed by atoms with Crippen LogP contribution in [0.15, 0.2) is 0 Å². The molecule has 1 saturated carbocycles. The summed E-state index contributed by atoms with van der Waals surface area (Å²) >= 11 is 1.90. The Bertz CT molecular complexity index is 176. The molecule has 3 heteroatoms. The van der Waals surface area contributed by atoms with Gasteiger partial charge in [0, 0.05) is 5.75 Å². The van der Waals surface area contributed by atoms with Crippen molar-refractivity contribution in [3.05, 3.63) is 0 Å². The molecule has 2 nitrogen and oxygen atoms in total. The van der Waals surface area contributed by atoms with Gasteiger partial charge >= 0.3 is 5.97 Å². The summed E-state index contributed by atoms with van der Waals surface area (Å²) in [4.78, 5) is 11.1. The average Bonchev–Trinajstić information content (AvgIpc) is 2.69. The first-order valence-corrected chi connectivity index (χ1v) is 6.55. The Morgan fingerprint density at radius 3 is 2.71 bits per heavy atom. The maximum atomic E-state index is 11.1. The van der Waals surface area contributed by atoms with Gasteiger partial charge < -0.3 is 4.74 Å². The second-order valence-corrected chi connectivity index (χ2v) is 5.19. The molecular formula is C11H20O2S. The molecule has 0 aliphatic heterocycles. The molecule has 82 valence electrons. The third kappa shape index (κ3) is 3.91. The Labute approximate surface area is 90.8 Å². The predicted octanol–water partition coefficient (Wildman–Crippen LogP) is 2.72. The van der Waals surface area contributed by atoms with E-state index in [1.54, 1.807) is 0 Å². The molecule has 1 aliphatic carbocycles. The normalized spacial score (nSPS) is 19.6. The number of thioether (sulfide) groups is 1. The quantitative estimate of drug-likeness (QED) is 0.661. The van der Waals surface area contributed by atoms with Crippen LogP contribution in [-0.2, 0) is 9.53 Å². The van der Waals surface area contributed by atoms with Crippen molar-refractivity contribution < 1.29 is 9.53 Å². The van der Waals surface area contributed by atoms with Crippen LogP contribution >= 0.6 is 11.8 Å². The van der Waals surface area contributed by atoms with Crippen molar-refractivity contribution in [1.82, 2.24) is 0 Å². The molecule has 0 heterocycles. The molecule has 0 N–H and O–H groups in total. The highest BCUT2D eigenvalue weighted by atomic mass is 32.2. The first-order valence-electron chi connectivity index (χ1n) is 5.39. The summed E-state index contributed by atoms with van der Waals surface area (Å²) in [7, 11) is 1.46. The van der Waals surface area contributed by atoms with Gasteiger partial charge in [-0.25, -0.2) is 0 Å². The minimum absolute atomic E-state index is 0.0476. The predicted molar refractivity (Wildman–Crippen MR) is 60.5 cm³/mol.